The zero-order valence-electron chi connectivity index (χ0n) is 12.9. The molecule has 0 saturated heterocycles. The summed E-state index contributed by atoms with van der Waals surface area (Å²) >= 11 is 0. The highest BCUT2D eigenvalue weighted by Crippen LogP contribution is 2.22. The zero-order chi connectivity index (χ0) is 16.5. The second-order valence-corrected chi connectivity index (χ2v) is 4.02. The number of anilines is 1. The van der Waals surface area contributed by atoms with Gasteiger partial charge in [-0.15, -0.1) is 0 Å². The molecule has 8 nitrogen and oxygen atoms in total. The van der Waals surface area contributed by atoms with E-state index in [0.29, 0.717) is 11.3 Å². The number of ether oxygens (including phenoxy) is 2. The summed E-state index contributed by atoms with van der Waals surface area (Å²) in [5.74, 6) is -0.582. The van der Waals surface area contributed by atoms with Crippen molar-refractivity contribution in [1.29, 1.82) is 0 Å². The molecule has 0 heterocycles. The van der Waals surface area contributed by atoms with E-state index in [4.69, 9.17) is 9.68 Å². The number of hydrogen-bond acceptors (Lipinski definition) is 7. The molecule has 120 valence electrons. The summed E-state index contributed by atoms with van der Waals surface area (Å²) in [4.78, 5) is 32.9. The number of esters is 1. The van der Waals surface area contributed by atoms with E-state index in [1.807, 2.05) is 0 Å². The lowest BCUT2D eigenvalue weighted by atomic mass is 10.2. The van der Waals surface area contributed by atoms with Gasteiger partial charge < -0.3 is 14.3 Å². The van der Waals surface area contributed by atoms with Gasteiger partial charge in [-0.05, 0) is 13.0 Å². The quantitative estimate of drug-likeness (QED) is 0.453. The van der Waals surface area contributed by atoms with Crippen LogP contribution in [0.15, 0.2) is 29.4 Å². The van der Waals surface area contributed by atoms with Gasteiger partial charge in [0.05, 0.1) is 27.0 Å². The third-order valence-electron chi connectivity index (χ3n) is 2.64. The van der Waals surface area contributed by atoms with Gasteiger partial charge in [0, 0.05) is 5.56 Å². The molecule has 0 radical (unpaired) electrons. The van der Waals surface area contributed by atoms with Crippen LogP contribution in [0.1, 0.15) is 12.5 Å². The number of carbonyl (C=O) groups excluding carboxylic acids is 2. The third kappa shape index (κ3) is 4.45. The summed E-state index contributed by atoms with van der Waals surface area (Å²) in [6.07, 6.45) is -0.677. The molecule has 0 aliphatic carbocycles. The number of benzene rings is 1. The molecule has 1 aromatic rings. The number of carbonyl (C=O) groups is 2. The van der Waals surface area contributed by atoms with Crippen LogP contribution in [0.5, 0.6) is 0 Å². The highest BCUT2D eigenvalue weighted by atomic mass is 16.7. The maximum atomic E-state index is 11.7. The Morgan fingerprint density at radius 3 is 2.41 bits per heavy atom. The van der Waals surface area contributed by atoms with E-state index in [1.54, 1.807) is 24.3 Å². The minimum Gasteiger partial charge on any atom is -0.464 e. The number of oxime groups is 1. The predicted octanol–water partition coefficient (Wildman–Crippen LogP) is 1.89. The van der Waals surface area contributed by atoms with Crippen molar-refractivity contribution in [3.63, 3.8) is 0 Å². The smallest absolute Gasteiger partial charge is 0.438 e. The van der Waals surface area contributed by atoms with Crippen molar-refractivity contribution < 1.29 is 28.7 Å². The van der Waals surface area contributed by atoms with E-state index in [-0.39, 0.29) is 12.3 Å². The second kappa shape index (κ2) is 8.63. The summed E-state index contributed by atoms with van der Waals surface area (Å²) in [5.41, 5.74) is 1.15. The lowest BCUT2D eigenvalue weighted by Crippen LogP contribution is -2.30. The van der Waals surface area contributed by atoms with E-state index >= 15 is 0 Å². The summed E-state index contributed by atoms with van der Waals surface area (Å²) in [7, 11) is 3.84. The lowest BCUT2D eigenvalue weighted by Gasteiger charge is -2.20. The Kier molecular flexibility index (Phi) is 6.84. The van der Waals surface area contributed by atoms with Crippen molar-refractivity contribution >= 4 is 23.5 Å². The predicted molar refractivity (Wildman–Crippen MR) is 78.2 cm³/mol. The Morgan fingerprint density at radius 1 is 1.14 bits per heavy atom. The third-order valence-corrected chi connectivity index (χ3v) is 2.64. The van der Waals surface area contributed by atoms with Gasteiger partial charge in [-0.25, -0.2) is 9.59 Å². The number of para-hydroxylation sites is 1. The maximum Gasteiger partial charge on any atom is 0.438 e. The molecular weight excluding hydrogens is 292 g/mol. The standard InChI is InChI=1S/C14H18N2O6/c1-10(13(17)19-2)15-22-9-11-7-5-6-8-12(11)16(21-4)14(18)20-3/h5-8H,9H2,1-4H3/b15-10+. The van der Waals surface area contributed by atoms with Crippen LogP contribution >= 0.6 is 0 Å². The van der Waals surface area contributed by atoms with Gasteiger partial charge in [0.15, 0.2) is 5.71 Å². The van der Waals surface area contributed by atoms with Crippen LogP contribution < -0.4 is 5.06 Å². The number of hydrogen-bond donors (Lipinski definition) is 0. The first-order chi connectivity index (χ1) is 10.5. The van der Waals surface area contributed by atoms with E-state index in [2.05, 4.69) is 14.6 Å². The van der Waals surface area contributed by atoms with Crippen molar-refractivity contribution in [2.24, 2.45) is 5.16 Å². The van der Waals surface area contributed by atoms with Crippen LogP contribution in [-0.2, 0) is 30.6 Å². The topological polar surface area (TPSA) is 86.7 Å². The highest BCUT2D eigenvalue weighted by Gasteiger charge is 2.19. The van der Waals surface area contributed by atoms with Gasteiger partial charge >= 0.3 is 12.1 Å². The molecule has 0 bridgehead atoms. The van der Waals surface area contributed by atoms with Crippen molar-refractivity contribution in [2.45, 2.75) is 13.5 Å². The van der Waals surface area contributed by atoms with Crippen molar-refractivity contribution in [1.82, 2.24) is 0 Å². The van der Waals surface area contributed by atoms with Crippen LogP contribution in [0.3, 0.4) is 0 Å². The van der Waals surface area contributed by atoms with Crippen LogP contribution in [0.25, 0.3) is 0 Å². The molecule has 0 atom stereocenters. The monoisotopic (exact) mass is 310 g/mol. The van der Waals surface area contributed by atoms with E-state index in [0.717, 1.165) is 5.06 Å². The van der Waals surface area contributed by atoms with Crippen LogP contribution in [0, 0.1) is 0 Å². The fraction of sp³-hybridized carbons (Fsp3) is 0.357. The SMILES string of the molecule is COC(=O)/C(C)=N/OCc1ccccc1N(OC)C(=O)OC. The fourth-order valence-electron chi connectivity index (χ4n) is 1.57. The molecule has 8 heteroatoms. The molecule has 0 aliphatic heterocycles. The number of rotatable bonds is 6. The highest BCUT2D eigenvalue weighted by molar-refractivity contribution is 6.35. The summed E-state index contributed by atoms with van der Waals surface area (Å²) in [6, 6.07) is 6.89. The molecule has 0 spiro atoms. The molecule has 0 aliphatic rings. The molecule has 1 aromatic carbocycles. The summed E-state index contributed by atoms with van der Waals surface area (Å²) in [5, 5.41) is 4.63. The average molecular weight is 310 g/mol. The van der Waals surface area contributed by atoms with Gasteiger partial charge in [0.1, 0.15) is 6.61 Å². The number of amides is 1. The molecule has 1 amide bonds. The van der Waals surface area contributed by atoms with Crippen LogP contribution in [-0.4, -0.2) is 39.1 Å². The number of hydroxylamine groups is 1. The Morgan fingerprint density at radius 2 is 1.82 bits per heavy atom. The van der Waals surface area contributed by atoms with Crippen LogP contribution in [0.4, 0.5) is 10.5 Å². The maximum absolute atomic E-state index is 11.7. The molecule has 0 unspecified atom stereocenters. The Bertz CT molecular complexity index is 558. The van der Waals surface area contributed by atoms with Crippen LogP contribution in [0.2, 0.25) is 0 Å². The second-order valence-electron chi connectivity index (χ2n) is 4.02. The first kappa shape index (κ1) is 17.4. The van der Waals surface area contributed by atoms with Crippen molar-refractivity contribution in [2.75, 3.05) is 26.4 Å². The molecule has 0 saturated carbocycles. The summed E-state index contributed by atoms with van der Waals surface area (Å²) < 4.78 is 9.13. The average Bonchev–Trinajstić information content (AvgIpc) is 2.55. The van der Waals surface area contributed by atoms with Gasteiger partial charge in [0.25, 0.3) is 0 Å². The van der Waals surface area contributed by atoms with Gasteiger partial charge in [0.2, 0.25) is 0 Å². The van der Waals surface area contributed by atoms with E-state index in [9.17, 15) is 9.59 Å². The number of methoxy groups -OCH3 is 2. The largest absolute Gasteiger partial charge is 0.464 e. The molecule has 0 aromatic heterocycles. The van der Waals surface area contributed by atoms with Crippen molar-refractivity contribution in [3.8, 4) is 0 Å². The van der Waals surface area contributed by atoms with Gasteiger partial charge in [-0.2, -0.15) is 5.06 Å². The molecule has 22 heavy (non-hydrogen) atoms. The van der Waals surface area contributed by atoms with E-state index in [1.165, 1.54) is 28.3 Å². The normalized spacial score (nSPS) is 10.8. The zero-order valence-corrected chi connectivity index (χ0v) is 12.9. The first-order valence-electron chi connectivity index (χ1n) is 6.30. The molecule has 0 fully saturated rings. The van der Waals surface area contributed by atoms with Gasteiger partial charge in [-0.1, -0.05) is 23.4 Å². The fourth-order valence-corrected chi connectivity index (χ4v) is 1.57. The first-order valence-corrected chi connectivity index (χ1v) is 6.30. The summed E-state index contributed by atoms with van der Waals surface area (Å²) in [6.45, 7) is 1.50. The minimum atomic E-state index is -0.677. The van der Waals surface area contributed by atoms with E-state index < -0.39 is 12.1 Å². The van der Waals surface area contributed by atoms with Gasteiger partial charge in [-0.3, -0.25) is 4.84 Å². The molecular formula is C14H18N2O6. The molecule has 0 N–H and O–H groups in total. The number of nitrogens with zero attached hydrogens (tertiary/aromatic N) is 2. The Balaban J connectivity index is 2.88. The Hall–Kier alpha value is -2.61. The van der Waals surface area contributed by atoms with Crippen molar-refractivity contribution in [3.05, 3.63) is 29.8 Å². The lowest BCUT2D eigenvalue weighted by molar-refractivity contribution is -0.133. The molecule has 1 rings (SSSR count). The minimum absolute atomic E-state index is 0.0291. The Labute approximate surface area is 128 Å².